The molecule has 1 fully saturated rings. The van der Waals surface area contributed by atoms with Crippen LogP contribution in [0.5, 0.6) is 0 Å². The summed E-state index contributed by atoms with van der Waals surface area (Å²) in [6.45, 7) is 4.49. The van der Waals surface area contributed by atoms with Gasteiger partial charge >= 0.3 is 6.03 Å². The largest absolute Gasteiger partial charge is 0.323 e. The molecule has 0 bridgehead atoms. The third-order valence-electron chi connectivity index (χ3n) is 5.93. The van der Waals surface area contributed by atoms with Gasteiger partial charge in [-0.15, -0.1) is 0 Å². The minimum absolute atomic E-state index is 0.0987. The van der Waals surface area contributed by atoms with E-state index in [1.54, 1.807) is 0 Å². The summed E-state index contributed by atoms with van der Waals surface area (Å²) < 4.78 is 0. The lowest BCUT2D eigenvalue weighted by atomic mass is 9.86. The minimum atomic E-state index is -0.637. The highest BCUT2D eigenvalue weighted by atomic mass is 16.2. The van der Waals surface area contributed by atoms with E-state index in [1.165, 1.54) is 77.0 Å². The Bertz CT molecular complexity index is 389. The molecule has 0 atom stereocenters. The maximum absolute atomic E-state index is 12.4. The molecular weight excluding hydrogens is 336 g/mol. The molecule has 27 heavy (non-hydrogen) atoms. The van der Waals surface area contributed by atoms with Crippen LogP contribution in [0.1, 0.15) is 129 Å². The van der Waals surface area contributed by atoms with E-state index in [9.17, 15) is 9.59 Å². The van der Waals surface area contributed by atoms with Crippen LogP contribution in [0.15, 0.2) is 0 Å². The Hall–Kier alpha value is -1.06. The van der Waals surface area contributed by atoms with E-state index in [4.69, 9.17) is 0 Å². The third kappa shape index (κ3) is 10.2. The summed E-state index contributed by atoms with van der Waals surface area (Å²) in [6, 6.07) is -0.306. The predicted octanol–water partition coefficient (Wildman–Crippen LogP) is 6.63. The number of hydrogen-bond acceptors (Lipinski definition) is 2. The molecule has 0 spiro atoms. The third-order valence-corrected chi connectivity index (χ3v) is 5.93. The summed E-state index contributed by atoms with van der Waals surface area (Å²) in [7, 11) is 0. The number of hydrogen-bond donors (Lipinski definition) is 2. The van der Waals surface area contributed by atoms with E-state index in [2.05, 4.69) is 24.5 Å². The van der Waals surface area contributed by atoms with Gasteiger partial charge in [-0.2, -0.15) is 0 Å². The Balaban J connectivity index is 2.22. The molecule has 3 amide bonds. The van der Waals surface area contributed by atoms with E-state index >= 15 is 0 Å². The quantitative estimate of drug-likeness (QED) is 0.207. The maximum Gasteiger partial charge on any atom is 0.322 e. The lowest BCUT2D eigenvalue weighted by molar-refractivity contribution is -0.124. The number of carbonyl (C=O) groups is 2. The normalized spacial score (nSPS) is 15.8. The van der Waals surface area contributed by atoms with Gasteiger partial charge in [-0.25, -0.2) is 4.79 Å². The molecule has 1 saturated heterocycles. The van der Waals surface area contributed by atoms with Gasteiger partial charge in [0, 0.05) is 0 Å². The van der Waals surface area contributed by atoms with Crippen LogP contribution in [-0.4, -0.2) is 17.5 Å². The fourth-order valence-electron chi connectivity index (χ4n) is 4.13. The molecule has 0 aliphatic carbocycles. The van der Waals surface area contributed by atoms with Gasteiger partial charge in [0.05, 0.1) is 0 Å². The number of amides is 3. The Morgan fingerprint density at radius 1 is 0.593 bits per heavy atom. The van der Waals surface area contributed by atoms with Crippen LogP contribution in [0.4, 0.5) is 4.79 Å². The summed E-state index contributed by atoms with van der Waals surface area (Å²) in [5.41, 5.74) is -0.637. The fraction of sp³-hybridized carbons (Fsp3) is 0.913. The van der Waals surface area contributed by atoms with E-state index in [0.717, 1.165) is 38.5 Å². The highest BCUT2D eigenvalue weighted by Crippen LogP contribution is 2.26. The van der Waals surface area contributed by atoms with E-state index in [0.29, 0.717) is 0 Å². The van der Waals surface area contributed by atoms with Crippen LogP contribution in [0.3, 0.4) is 0 Å². The van der Waals surface area contributed by atoms with Crippen molar-refractivity contribution < 1.29 is 9.59 Å². The summed E-state index contributed by atoms with van der Waals surface area (Å²) in [5.74, 6) is -0.0987. The molecule has 0 radical (unpaired) electrons. The average Bonchev–Trinajstić information content (AvgIpc) is 2.93. The number of nitrogens with one attached hydrogen (secondary N) is 2. The van der Waals surface area contributed by atoms with Crippen molar-refractivity contribution in [2.75, 3.05) is 0 Å². The van der Waals surface area contributed by atoms with Crippen LogP contribution in [0.2, 0.25) is 0 Å². The van der Waals surface area contributed by atoms with Gasteiger partial charge < -0.3 is 5.32 Å². The summed E-state index contributed by atoms with van der Waals surface area (Å²) in [6.07, 6.45) is 21.6. The van der Waals surface area contributed by atoms with E-state index in [1.807, 2.05) is 0 Å². The van der Waals surface area contributed by atoms with Gasteiger partial charge in [-0.1, -0.05) is 117 Å². The van der Waals surface area contributed by atoms with Crippen molar-refractivity contribution in [1.82, 2.24) is 10.6 Å². The molecule has 0 aromatic carbocycles. The van der Waals surface area contributed by atoms with Crippen molar-refractivity contribution in [2.45, 2.75) is 135 Å². The molecule has 1 rings (SSSR count). The number of carbonyl (C=O) groups excluding carboxylic acids is 2. The second kappa shape index (κ2) is 14.9. The second-order valence-corrected chi connectivity index (χ2v) is 8.44. The van der Waals surface area contributed by atoms with Crippen LogP contribution < -0.4 is 10.6 Å². The zero-order valence-electron chi connectivity index (χ0n) is 18.0. The molecule has 2 N–H and O–H groups in total. The smallest absolute Gasteiger partial charge is 0.322 e. The first-order valence-corrected chi connectivity index (χ1v) is 11.8. The highest BCUT2D eigenvalue weighted by Gasteiger charge is 2.44. The van der Waals surface area contributed by atoms with Crippen molar-refractivity contribution >= 4 is 11.9 Å². The summed E-state index contributed by atoms with van der Waals surface area (Å²) >= 11 is 0. The molecule has 1 aliphatic rings. The van der Waals surface area contributed by atoms with Crippen LogP contribution in [-0.2, 0) is 4.79 Å². The Morgan fingerprint density at radius 2 is 0.963 bits per heavy atom. The number of urea groups is 1. The summed E-state index contributed by atoms with van der Waals surface area (Å²) in [5, 5.41) is 5.42. The van der Waals surface area contributed by atoms with Crippen LogP contribution in [0.25, 0.3) is 0 Å². The van der Waals surface area contributed by atoms with Crippen molar-refractivity contribution in [3.05, 3.63) is 0 Å². The molecular formula is C23H44N2O2. The zero-order valence-corrected chi connectivity index (χ0v) is 18.0. The van der Waals surface area contributed by atoms with Gasteiger partial charge in [0.15, 0.2) is 0 Å². The first kappa shape index (κ1) is 24.0. The van der Waals surface area contributed by atoms with Gasteiger partial charge in [0.1, 0.15) is 5.54 Å². The zero-order chi connectivity index (χ0) is 19.8. The lowest BCUT2D eigenvalue weighted by Crippen LogP contribution is -2.46. The van der Waals surface area contributed by atoms with Crippen molar-refractivity contribution in [3.63, 3.8) is 0 Å². The Kier molecular flexibility index (Phi) is 13.3. The van der Waals surface area contributed by atoms with Gasteiger partial charge in [0.25, 0.3) is 5.91 Å². The minimum Gasteiger partial charge on any atom is -0.323 e. The molecule has 158 valence electrons. The van der Waals surface area contributed by atoms with Gasteiger partial charge in [-0.3, -0.25) is 10.1 Å². The Morgan fingerprint density at radius 3 is 1.30 bits per heavy atom. The highest BCUT2D eigenvalue weighted by molar-refractivity contribution is 6.06. The Labute approximate surface area is 167 Å². The second-order valence-electron chi connectivity index (χ2n) is 8.44. The molecule has 4 heteroatoms. The number of rotatable bonds is 18. The number of imide groups is 1. The molecule has 1 heterocycles. The average molecular weight is 381 g/mol. The van der Waals surface area contributed by atoms with Crippen molar-refractivity contribution in [1.29, 1.82) is 0 Å². The first-order valence-electron chi connectivity index (χ1n) is 11.8. The molecule has 0 saturated carbocycles. The monoisotopic (exact) mass is 380 g/mol. The van der Waals surface area contributed by atoms with Gasteiger partial charge in [0.2, 0.25) is 0 Å². The van der Waals surface area contributed by atoms with E-state index in [-0.39, 0.29) is 11.9 Å². The lowest BCUT2D eigenvalue weighted by Gasteiger charge is -2.26. The first-order chi connectivity index (χ1) is 13.1. The SMILES string of the molecule is CCCCCCCCCCC1(CCCCCCCCCC)NC(=O)NC1=O. The van der Waals surface area contributed by atoms with Crippen LogP contribution >= 0.6 is 0 Å². The fourth-order valence-corrected chi connectivity index (χ4v) is 4.13. The predicted molar refractivity (Wildman–Crippen MR) is 114 cm³/mol. The van der Waals surface area contributed by atoms with Crippen LogP contribution in [0, 0.1) is 0 Å². The van der Waals surface area contributed by atoms with Gasteiger partial charge in [-0.05, 0) is 12.8 Å². The molecule has 0 aromatic heterocycles. The molecule has 0 unspecified atom stereocenters. The topological polar surface area (TPSA) is 58.2 Å². The van der Waals surface area contributed by atoms with Crippen molar-refractivity contribution in [2.24, 2.45) is 0 Å². The van der Waals surface area contributed by atoms with Crippen molar-refractivity contribution in [3.8, 4) is 0 Å². The van der Waals surface area contributed by atoms with E-state index < -0.39 is 5.54 Å². The standard InChI is InChI=1S/C23H44N2O2/c1-3-5-7-9-11-13-15-17-19-23(21(26)24-22(27)25-23)20-18-16-14-12-10-8-6-4-2/h3-20H2,1-2H3,(H2,24,25,26,27). The molecule has 1 aliphatic heterocycles. The number of unbranched alkanes of at least 4 members (excludes halogenated alkanes) is 14. The molecule has 4 nitrogen and oxygen atoms in total. The molecule has 0 aromatic rings. The maximum atomic E-state index is 12.4. The summed E-state index contributed by atoms with van der Waals surface area (Å²) in [4.78, 5) is 24.1.